The molecule has 0 aliphatic rings. The molecule has 0 radical (unpaired) electrons. The van der Waals surface area contributed by atoms with E-state index in [1.54, 1.807) is 0 Å². The van der Waals surface area contributed by atoms with E-state index < -0.39 is 0 Å². The van der Waals surface area contributed by atoms with Crippen molar-refractivity contribution in [2.24, 2.45) is 17.8 Å². The lowest BCUT2D eigenvalue weighted by molar-refractivity contribution is 0.408. The van der Waals surface area contributed by atoms with Crippen molar-refractivity contribution < 1.29 is 0 Å². The molecular formula is C18H33N. The molecule has 0 fully saturated rings. The Bertz CT molecular complexity index is 301. The van der Waals surface area contributed by atoms with Crippen LogP contribution in [0.2, 0.25) is 0 Å². The number of nitrogens with one attached hydrogen (secondary N) is 1. The maximum atomic E-state index is 4.22. The van der Waals surface area contributed by atoms with Gasteiger partial charge in [-0.1, -0.05) is 66.9 Å². The first-order valence-corrected chi connectivity index (χ1v) is 7.58. The molecule has 0 aromatic carbocycles. The number of rotatable bonds is 10. The SMILES string of the molecule is C=CC(=C)C(CC(C)C)NC(=C)C(C)CC(C)CC. The summed E-state index contributed by atoms with van der Waals surface area (Å²) in [5.74, 6) is 1.88. The minimum Gasteiger partial charge on any atom is -0.382 e. The molecule has 0 aliphatic carbocycles. The summed E-state index contributed by atoms with van der Waals surface area (Å²) in [5.41, 5.74) is 2.19. The third-order valence-corrected chi connectivity index (χ3v) is 3.82. The van der Waals surface area contributed by atoms with Crippen LogP contribution in [0.1, 0.15) is 53.9 Å². The largest absolute Gasteiger partial charge is 0.382 e. The van der Waals surface area contributed by atoms with Gasteiger partial charge in [-0.2, -0.15) is 0 Å². The molecule has 0 aromatic rings. The fourth-order valence-electron chi connectivity index (χ4n) is 2.20. The second kappa shape index (κ2) is 9.01. The maximum Gasteiger partial charge on any atom is 0.0507 e. The summed E-state index contributed by atoms with van der Waals surface area (Å²) in [5, 5.41) is 3.56. The van der Waals surface area contributed by atoms with Crippen LogP contribution in [0.3, 0.4) is 0 Å². The van der Waals surface area contributed by atoms with Gasteiger partial charge in [-0.05, 0) is 36.2 Å². The molecule has 0 saturated heterocycles. The fraction of sp³-hybridized carbons (Fsp3) is 0.667. The zero-order valence-corrected chi connectivity index (χ0v) is 13.6. The summed E-state index contributed by atoms with van der Waals surface area (Å²) in [7, 11) is 0. The molecule has 110 valence electrons. The molecular weight excluding hydrogens is 230 g/mol. The van der Waals surface area contributed by atoms with Crippen molar-refractivity contribution in [2.75, 3.05) is 0 Å². The number of allylic oxidation sites excluding steroid dienone is 1. The number of hydrogen-bond donors (Lipinski definition) is 1. The standard InChI is InChI=1S/C18H33N/c1-9-14(5)12-16(7)17(8)19-18(11-13(3)4)15(6)10-2/h10,13-14,16,18-19H,2,6,8-9,11-12H2,1,3-5,7H3. The monoisotopic (exact) mass is 263 g/mol. The molecule has 0 aromatic heterocycles. The maximum absolute atomic E-state index is 4.22. The highest BCUT2D eigenvalue weighted by Crippen LogP contribution is 2.21. The Labute approximate surface area is 120 Å². The van der Waals surface area contributed by atoms with Crippen LogP contribution < -0.4 is 5.32 Å². The lowest BCUT2D eigenvalue weighted by Gasteiger charge is -2.27. The third kappa shape index (κ3) is 7.25. The molecule has 0 rings (SSSR count). The van der Waals surface area contributed by atoms with Crippen molar-refractivity contribution >= 4 is 0 Å². The molecule has 1 nitrogen and oxygen atoms in total. The second-order valence-electron chi connectivity index (χ2n) is 6.28. The Morgan fingerprint density at radius 1 is 1.11 bits per heavy atom. The lowest BCUT2D eigenvalue weighted by Crippen LogP contribution is -2.33. The molecule has 1 N–H and O–H groups in total. The van der Waals surface area contributed by atoms with Crippen LogP contribution in [0.25, 0.3) is 0 Å². The van der Waals surface area contributed by atoms with Crippen molar-refractivity contribution in [1.29, 1.82) is 0 Å². The summed E-state index contributed by atoms with van der Waals surface area (Å²) in [6.45, 7) is 23.4. The zero-order chi connectivity index (χ0) is 15.0. The van der Waals surface area contributed by atoms with Gasteiger partial charge in [0.05, 0.1) is 6.04 Å². The van der Waals surface area contributed by atoms with Gasteiger partial charge in [0.1, 0.15) is 0 Å². The van der Waals surface area contributed by atoms with E-state index >= 15 is 0 Å². The Morgan fingerprint density at radius 2 is 1.68 bits per heavy atom. The van der Waals surface area contributed by atoms with Crippen LogP contribution in [0.15, 0.2) is 37.1 Å². The molecule has 0 amide bonds. The highest BCUT2D eigenvalue weighted by molar-refractivity contribution is 5.21. The van der Waals surface area contributed by atoms with E-state index in [9.17, 15) is 0 Å². The first-order valence-electron chi connectivity index (χ1n) is 7.58. The normalized spacial score (nSPS) is 15.7. The third-order valence-electron chi connectivity index (χ3n) is 3.82. The van der Waals surface area contributed by atoms with Crippen LogP contribution in [0.5, 0.6) is 0 Å². The zero-order valence-electron chi connectivity index (χ0n) is 13.6. The van der Waals surface area contributed by atoms with E-state index in [0.29, 0.717) is 11.8 Å². The first-order chi connectivity index (χ1) is 8.81. The van der Waals surface area contributed by atoms with Crippen molar-refractivity contribution in [3.8, 4) is 0 Å². The topological polar surface area (TPSA) is 12.0 Å². The molecule has 0 aliphatic heterocycles. The smallest absolute Gasteiger partial charge is 0.0507 e. The lowest BCUT2D eigenvalue weighted by atomic mass is 9.91. The summed E-state index contributed by atoms with van der Waals surface area (Å²) in [4.78, 5) is 0. The van der Waals surface area contributed by atoms with Crippen LogP contribution in [0.4, 0.5) is 0 Å². The van der Waals surface area contributed by atoms with Crippen molar-refractivity contribution in [1.82, 2.24) is 5.32 Å². The van der Waals surface area contributed by atoms with E-state index in [1.165, 1.54) is 12.8 Å². The van der Waals surface area contributed by atoms with Gasteiger partial charge in [-0.25, -0.2) is 0 Å². The van der Waals surface area contributed by atoms with E-state index in [0.717, 1.165) is 23.6 Å². The van der Waals surface area contributed by atoms with E-state index in [2.05, 4.69) is 59.7 Å². The molecule has 0 bridgehead atoms. The van der Waals surface area contributed by atoms with Crippen LogP contribution >= 0.6 is 0 Å². The van der Waals surface area contributed by atoms with Crippen molar-refractivity contribution in [3.05, 3.63) is 37.1 Å². The summed E-state index contributed by atoms with van der Waals surface area (Å²) in [6.07, 6.45) is 5.34. The Kier molecular flexibility index (Phi) is 8.54. The summed E-state index contributed by atoms with van der Waals surface area (Å²) < 4.78 is 0. The Morgan fingerprint density at radius 3 is 2.11 bits per heavy atom. The van der Waals surface area contributed by atoms with Crippen LogP contribution in [0, 0.1) is 17.8 Å². The first kappa shape index (κ1) is 18.0. The summed E-state index contributed by atoms with van der Waals surface area (Å²) in [6, 6.07) is 0.268. The Hall–Kier alpha value is -0.980. The minimum atomic E-state index is 0.268. The molecule has 3 unspecified atom stereocenters. The highest BCUT2D eigenvalue weighted by atomic mass is 14.9. The average molecular weight is 263 g/mol. The Balaban J connectivity index is 4.52. The van der Waals surface area contributed by atoms with Gasteiger partial charge in [0.15, 0.2) is 0 Å². The van der Waals surface area contributed by atoms with Gasteiger partial charge in [0, 0.05) is 5.70 Å². The second-order valence-corrected chi connectivity index (χ2v) is 6.28. The van der Waals surface area contributed by atoms with Gasteiger partial charge in [0.2, 0.25) is 0 Å². The molecule has 1 heteroatoms. The molecule has 3 atom stereocenters. The van der Waals surface area contributed by atoms with E-state index in [4.69, 9.17) is 0 Å². The van der Waals surface area contributed by atoms with Gasteiger partial charge < -0.3 is 5.32 Å². The summed E-state index contributed by atoms with van der Waals surface area (Å²) >= 11 is 0. The van der Waals surface area contributed by atoms with Gasteiger partial charge >= 0.3 is 0 Å². The predicted octanol–water partition coefficient (Wildman–Crippen LogP) is 5.32. The quantitative estimate of drug-likeness (QED) is 0.526. The van der Waals surface area contributed by atoms with Crippen molar-refractivity contribution in [2.45, 2.75) is 59.9 Å². The van der Waals surface area contributed by atoms with Gasteiger partial charge in [-0.15, -0.1) is 0 Å². The average Bonchev–Trinajstić information content (AvgIpc) is 2.35. The van der Waals surface area contributed by atoms with Crippen LogP contribution in [-0.2, 0) is 0 Å². The molecule has 19 heavy (non-hydrogen) atoms. The van der Waals surface area contributed by atoms with Crippen LogP contribution in [-0.4, -0.2) is 6.04 Å². The predicted molar refractivity (Wildman–Crippen MR) is 88.1 cm³/mol. The fourth-order valence-corrected chi connectivity index (χ4v) is 2.20. The highest BCUT2D eigenvalue weighted by Gasteiger charge is 2.17. The number of hydrogen-bond acceptors (Lipinski definition) is 1. The molecule has 0 saturated carbocycles. The van der Waals surface area contributed by atoms with Gasteiger partial charge in [0.25, 0.3) is 0 Å². The van der Waals surface area contributed by atoms with Gasteiger partial charge in [-0.3, -0.25) is 0 Å². The molecule has 0 spiro atoms. The van der Waals surface area contributed by atoms with E-state index in [1.807, 2.05) is 6.08 Å². The van der Waals surface area contributed by atoms with Crippen molar-refractivity contribution in [3.63, 3.8) is 0 Å². The van der Waals surface area contributed by atoms with E-state index in [-0.39, 0.29) is 6.04 Å². The molecule has 0 heterocycles. The minimum absolute atomic E-state index is 0.268.